The second-order valence-corrected chi connectivity index (χ2v) is 6.44. The summed E-state index contributed by atoms with van der Waals surface area (Å²) in [6.45, 7) is 0.443. The number of nitrogens with one attached hydrogen (secondary N) is 2. The van der Waals surface area contributed by atoms with Gasteiger partial charge in [0.25, 0.3) is 0 Å². The van der Waals surface area contributed by atoms with E-state index in [1.165, 1.54) is 12.1 Å². The van der Waals surface area contributed by atoms with Crippen LogP contribution in [0, 0.1) is 5.82 Å². The van der Waals surface area contributed by atoms with Gasteiger partial charge in [-0.05, 0) is 48.6 Å². The van der Waals surface area contributed by atoms with E-state index < -0.39 is 0 Å². The highest BCUT2D eigenvalue weighted by atomic mass is 35.5. The van der Waals surface area contributed by atoms with Crippen molar-refractivity contribution in [1.82, 2.24) is 9.78 Å². The molecule has 0 atom stereocenters. The molecular formula is C17H13Cl2FN4S. The number of thiocarbonyl (C=S) groups is 1. The van der Waals surface area contributed by atoms with E-state index in [2.05, 4.69) is 15.7 Å². The molecule has 0 amide bonds. The molecular weight excluding hydrogens is 382 g/mol. The van der Waals surface area contributed by atoms with Crippen LogP contribution >= 0.6 is 35.4 Å². The van der Waals surface area contributed by atoms with Gasteiger partial charge in [0.1, 0.15) is 5.82 Å². The summed E-state index contributed by atoms with van der Waals surface area (Å²) in [7, 11) is 0. The van der Waals surface area contributed by atoms with Gasteiger partial charge in [0.2, 0.25) is 0 Å². The molecule has 3 rings (SSSR count). The Hall–Kier alpha value is -2.15. The summed E-state index contributed by atoms with van der Waals surface area (Å²) < 4.78 is 14.6. The normalized spacial score (nSPS) is 10.5. The van der Waals surface area contributed by atoms with E-state index in [-0.39, 0.29) is 5.82 Å². The van der Waals surface area contributed by atoms with Crippen LogP contribution in [0.2, 0.25) is 10.0 Å². The molecule has 0 bridgehead atoms. The number of rotatable bonds is 4. The minimum Gasteiger partial charge on any atom is -0.332 e. The summed E-state index contributed by atoms with van der Waals surface area (Å²) in [6, 6.07) is 11.3. The number of hydrogen-bond donors (Lipinski definition) is 2. The second-order valence-electron chi connectivity index (χ2n) is 5.21. The molecule has 0 aliphatic rings. The van der Waals surface area contributed by atoms with Gasteiger partial charge in [-0.2, -0.15) is 5.10 Å². The van der Waals surface area contributed by atoms with Crippen molar-refractivity contribution in [2.24, 2.45) is 0 Å². The highest BCUT2D eigenvalue weighted by molar-refractivity contribution is 7.80. The fourth-order valence-corrected chi connectivity index (χ4v) is 2.94. The lowest BCUT2D eigenvalue weighted by molar-refractivity contribution is 0.628. The molecule has 1 aromatic heterocycles. The lowest BCUT2D eigenvalue weighted by Gasteiger charge is -2.09. The van der Waals surface area contributed by atoms with E-state index in [0.717, 1.165) is 5.56 Å². The number of hydrogen-bond acceptors (Lipinski definition) is 2. The first kappa shape index (κ1) is 17.7. The topological polar surface area (TPSA) is 41.9 Å². The number of benzene rings is 2. The zero-order valence-electron chi connectivity index (χ0n) is 12.8. The summed E-state index contributed by atoms with van der Waals surface area (Å²) in [4.78, 5) is 0. The molecule has 0 unspecified atom stereocenters. The molecule has 0 radical (unpaired) electrons. The zero-order chi connectivity index (χ0) is 17.8. The third kappa shape index (κ3) is 4.69. The number of anilines is 2. The van der Waals surface area contributed by atoms with Crippen LogP contribution in [0.1, 0.15) is 5.56 Å². The molecule has 0 fully saturated rings. The van der Waals surface area contributed by atoms with Crippen LogP contribution in [0.25, 0.3) is 0 Å². The molecule has 0 spiro atoms. The maximum Gasteiger partial charge on any atom is 0.175 e. The van der Waals surface area contributed by atoms with Crippen molar-refractivity contribution in [1.29, 1.82) is 0 Å². The van der Waals surface area contributed by atoms with Crippen molar-refractivity contribution >= 4 is 51.9 Å². The lowest BCUT2D eigenvalue weighted by atomic mass is 10.2. The van der Waals surface area contributed by atoms with Gasteiger partial charge in [-0.15, -0.1) is 0 Å². The Morgan fingerprint density at radius 2 is 1.68 bits per heavy atom. The second kappa shape index (κ2) is 7.82. The molecule has 0 aliphatic carbocycles. The smallest absolute Gasteiger partial charge is 0.175 e. The quantitative estimate of drug-likeness (QED) is 0.597. The van der Waals surface area contributed by atoms with Crippen LogP contribution in [0.5, 0.6) is 0 Å². The van der Waals surface area contributed by atoms with Gasteiger partial charge >= 0.3 is 0 Å². The highest BCUT2D eigenvalue weighted by Crippen LogP contribution is 2.25. The monoisotopic (exact) mass is 394 g/mol. The Balaban J connectivity index is 1.63. The lowest BCUT2D eigenvalue weighted by Crippen LogP contribution is -2.18. The summed E-state index contributed by atoms with van der Waals surface area (Å²) in [5.74, 6) is -0.302. The zero-order valence-corrected chi connectivity index (χ0v) is 15.2. The SMILES string of the molecule is Fc1ccc(NC(=S)Nc2cnn(Cc3c(Cl)cccc3Cl)c2)cc1. The Bertz CT molecular complexity index is 876. The van der Waals surface area contributed by atoms with Crippen LogP contribution in [0.15, 0.2) is 54.9 Å². The number of halogens is 3. The van der Waals surface area contributed by atoms with Crippen molar-refractivity contribution in [3.05, 3.63) is 76.3 Å². The largest absolute Gasteiger partial charge is 0.332 e. The highest BCUT2D eigenvalue weighted by Gasteiger charge is 2.08. The molecule has 4 nitrogen and oxygen atoms in total. The maximum absolute atomic E-state index is 12.9. The first-order valence-corrected chi connectivity index (χ1v) is 8.46. The van der Waals surface area contributed by atoms with Crippen LogP contribution in [0.4, 0.5) is 15.8 Å². The minimum atomic E-state index is -0.302. The van der Waals surface area contributed by atoms with Gasteiger partial charge in [-0.1, -0.05) is 29.3 Å². The number of nitrogens with zero attached hydrogens (tertiary/aromatic N) is 2. The van der Waals surface area contributed by atoms with Gasteiger partial charge in [-0.3, -0.25) is 4.68 Å². The molecule has 0 saturated carbocycles. The maximum atomic E-state index is 12.9. The molecule has 128 valence electrons. The van der Waals surface area contributed by atoms with Gasteiger partial charge < -0.3 is 10.6 Å². The van der Waals surface area contributed by atoms with Crippen molar-refractivity contribution in [2.45, 2.75) is 6.54 Å². The molecule has 1 heterocycles. The fourth-order valence-electron chi connectivity index (χ4n) is 2.19. The summed E-state index contributed by atoms with van der Waals surface area (Å²) in [6.07, 6.45) is 3.43. The van der Waals surface area contributed by atoms with E-state index in [0.29, 0.717) is 33.1 Å². The van der Waals surface area contributed by atoms with Crippen LogP contribution in [-0.2, 0) is 6.54 Å². The first-order valence-electron chi connectivity index (χ1n) is 7.30. The van der Waals surface area contributed by atoms with Crippen LogP contribution < -0.4 is 10.6 Å². The molecule has 3 aromatic rings. The summed E-state index contributed by atoms with van der Waals surface area (Å²) in [5, 5.41) is 11.8. The molecule has 2 N–H and O–H groups in total. The van der Waals surface area contributed by atoms with Crippen molar-refractivity contribution in [3.8, 4) is 0 Å². The van der Waals surface area contributed by atoms with Crippen molar-refractivity contribution in [2.75, 3.05) is 10.6 Å². The Labute approximate surface area is 159 Å². The summed E-state index contributed by atoms with van der Waals surface area (Å²) in [5.41, 5.74) is 2.20. The van der Waals surface area contributed by atoms with Crippen molar-refractivity contribution < 1.29 is 4.39 Å². The third-order valence-corrected chi connectivity index (χ3v) is 4.29. The molecule has 8 heteroatoms. The first-order chi connectivity index (χ1) is 12.0. The Morgan fingerprint density at radius 3 is 2.36 bits per heavy atom. The third-order valence-electron chi connectivity index (χ3n) is 3.38. The van der Waals surface area contributed by atoms with Gasteiger partial charge in [-0.25, -0.2) is 4.39 Å². The van der Waals surface area contributed by atoms with Crippen LogP contribution in [-0.4, -0.2) is 14.9 Å². The van der Waals surface area contributed by atoms with E-state index in [9.17, 15) is 4.39 Å². The van der Waals surface area contributed by atoms with E-state index in [4.69, 9.17) is 35.4 Å². The van der Waals surface area contributed by atoms with E-state index in [1.807, 2.05) is 0 Å². The predicted molar refractivity (Wildman–Crippen MR) is 104 cm³/mol. The Kier molecular flexibility index (Phi) is 5.53. The average Bonchev–Trinajstić information content (AvgIpc) is 3.00. The van der Waals surface area contributed by atoms with E-state index >= 15 is 0 Å². The molecule has 25 heavy (non-hydrogen) atoms. The van der Waals surface area contributed by atoms with E-state index in [1.54, 1.807) is 47.4 Å². The van der Waals surface area contributed by atoms with Crippen LogP contribution in [0.3, 0.4) is 0 Å². The fraction of sp³-hybridized carbons (Fsp3) is 0.0588. The standard InChI is InChI=1S/C17H13Cl2FN4S/c18-15-2-1-3-16(19)14(15)10-24-9-13(8-21-24)23-17(25)22-12-6-4-11(20)5-7-12/h1-9H,10H2,(H2,22,23,25). The minimum absolute atomic E-state index is 0.302. The van der Waals surface area contributed by atoms with Gasteiger partial charge in [0.15, 0.2) is 5.11 Å². The molecule has 0 saturated heterocycles. The van der Waals surface area contributed by atoms with Gasteiger partial charge in [0, 0.05) is 27.5 Å². The number of aromatic nitrogens is 2. The van der Waals surface area contributed by atoms with Gasteiger partial charge in [0.05, 0.1) is 18.4 Å². The molecule has 0 aliphatic heterocycles. The van der Waals surface area contributed by atoms with Crippen molar-refractivity contribution in [3.63, 3.8) is 0 Å². The molecule has 2 aromatic carbocycles. The summed E-state index contributed by atoms with van der Waals surface area (Å²) >= 11 is 17.6. The predicted octanol–water partition coefficient (Wildman–Crippen LogP) is 5.19. The Morgan fingerprint density at radius 1 is 1.04 bits per heavy atom. The average molecular weight is 395 g/mol.